The van der Waals surface area contributed by atoms with E-state index in [2.05, 4.69) is 4.98 Å². The van der Waals surface area contributed by atoms with Crippen molar-refractivity contribution < 1.29 is 9.84 Å². The Morgan fingerprint density at radius 3 is 2.41 bits per heavy atom. The van der Waals surface area contributed by atoms with Gasteiger partial charge in [0.15, 0.2) is 0 Å². The smallest absolute Gasteiger partial charge is 0.0892 e. The average Bonchev–Trinajstić information content (AvgIpc) is 2.40. The fourth-order valence-electron chi connectivity index (χ4n) is 1.55. The van der Waals surface area contributed by atoms with E-state index >= 15 is 0 Å². The van der Waals surface area contributed by atoms with Gasteiger partial charge in [-0.05, 0) is 17.7 Å². The van der Waals surface area contributed by atoms with Crippen molar-refractivity contribution in [2.24, 2.45) is 0 Å². The first-order valence-electron chi connectivity index (χ1n) is 5.56. The molecule has 0 bridgehead atoms. The summed E-state index contributed by atoms with van der Waals surface area (Å²) >= 11 is 0. The molecule has 0 aliphatic heterocycles. The molecule has 0 spiro atoms. The first-order valence-corrected chi connectivity index (χ1v) is 5.56. The predicted molar refractivity (Wildman–Crippen MR) is 65.1 cm³/mol. The molecular weight excluding hydrogens is 214 g/mol. The minimum absolute atomic E-state index is 0.0352. The highest BCUT2D eigenvalue weighted by Crippen LogP contribution is 2.05. The van der Waals surface area contributed by atoms with Gasteiger partial charge in [-0.2, -0.15) is 0 Å². The molecule has 0 saturated carbocycles. The van der Waals surface area contributed by atoms with Crippen LogP contribution >= 0.6 is 0 Å². The molecule has 0 aliphatic rings. The molecule has 0 amide bonds. The monoisotopic (exact) mass is 229 g/mol. The van der Waals surface area contributed by atoms with Crippen LogP contribution in [0.3, 0.4) is 0 Å². The number of hydrogen-bond donors (Lipinski definition) is 1. The Labute approximate surface area is 101 Å². The molecule has 17 heavy (non-hydrogen) atoms. The second-order valence-corrected chi connectivity index (χ2v) is 3.76. The van der Waals surface area contributed by atoms with E-state index in [1.54, 1.807) is 6.07 Å². The maximum Gasteiger partial charge on any atom is 0.0892 e. The minimum atomic E-state index is -0.0352. The van der Waals surface area contributed by atoms with E-state index in [9.17, 15) is 0 Å². The molecular formula is C14H15NO2. The molecule has 0 unspecified atom stereocenters. The van der Waals surface area contributed by atoms with Crippen LogP contribution in [0.25, 0.3) is 0 Å². The van der Waals surface area contributed by atoms with E-state index in [4.69, 9.17) is 9.84 Å². The first-order chi connectivity index (χ1) is 8.38. The summed E-state index contributed by atoms with van der Waals surface area (Å²) in [5.41, 5.74) is 2.66. The molecule has 88 valence electrons. The summed E-state index contributed by atoms with van der Waals surface area (Å²) in [7, 11) is 0. The minimum Gasteiger partial charge on any atom is -0.390 e. The Bertz CT molecular complexity index is 457. The molecule has 0 fully saturated rings. The highest BCUT2D eigenvalue weighted by atomic mass is 16.5. The Morgan fingerprint density at radius 2 is 1.65 bits per heavy atom. The number of ether oxygens (including phenoxy) is 1. The average molecular weight is 229 g/mol. The van der Waals surface area contributed by atoms with E-state index in [1.165, 1.54) is 0 Å². The molecule has 0 radical (unpaired) electrons. The van der Waals surface area contributed by atoms with Gasteiger partial charge in [-0.3, -0.25) is 4.98 Å². The van der Waals surface area contributed by atoms with Crippen molar-refractivity contribution >= 4 is 0 Å². The van der Waals surface area contributed by atoms with Gasteiger partial charge in [-0.15, -0.1) is 0 Å². The Balaban J connectivity index is 1.86. The maximum atomic E-state index is 8.96. The molecule has 3 heteroatoms. The molecule has 1 aromatic heterocycles. The molecule has 0 saturated heterocycles. The van der Waals surface area contributed by atoms with Crippen molar-refractivity contribution in [3.8, 4) is 0 Å². The Morgan fingerprint density at radius 1 is 0.882 bits per heavy atom. The van der Waals surface area contributed by atoms with E-state index in [-0.39, 0.29) is 6.61 Å². The van der Waals surface area contributed by atoms with Crippen molar-refractivity contribution in [1.82, 2.24) is 4.98 Å². The van der Waals surface area contributed by atoms with Crippen molar-refractivity contribution in [3.63, 3.8) is 0 Å². The number of benzene rings is 1. The third-order valence-corrected chi connectivity index (χ3v) is 2.39. The molecule has 1 N–H and O–H groups in total. The molecule has 0 atom stereocenters. The molecule has 0 aliphatic carbocycles. The molecule has 2 aromatic rings. The van der Waals surface area contributed by atoms with Crippen molar-refractivity contribution in [1.29, 1.82) is 0 Å². The van der Waals surface area contributed by atoms with Gasteiger partial charge >= 0.3 is 0 Å². The highest BCUT2D eigenvalue weighted by Gasteiger charge is 1.98. The highest BCUT2D eigenvalue weighted by molar-refractivity contribution is 5.14. The summed E-state index contributed by atoms with van der Waals surface area (Å²) in [5.74, 6) is 0. The number of aliphatic hydroxyl groups excluding tert-OH is 1. The van der Waals surface area contributed by atoms with Crippen LogP contribution in [0, 0.1) is 0 Å². The number of aliphatic hydroxyl groups is 1. The standard InChI is InChI=1S/C14H15NO2/c16-9-13-7-4-8-14(15-13)11-17-10-12-5-2-1-3-6-12/h1-8,16H,9-11H2. The van der Waals surface area contributed by atoms with Gasteiger partial charge in [0.05, 0.1) is 31.2 Å². The van der Waals surface area contributed by atoms with E-state index in [0.29, 0.717) is 18.9 Å². The molecule has 3 nitrogen and oxygen atoms in total. The second-order valence-electron chi connectivity index (χ2n) is 3.76. The van der Waals surface area contributed by atoms with E-state index in [1.807, 2.05) is 42.5 Å². The SMILES string of the molecule is OCc1cccc(COCc2ccccc2)n1. The van der Waals surface area contributed by atoms with Crippen LogP contribution < -0.4 is 0 Å². The summed E-state index contributed by atoms with van der Waals surface area (Å²) in [4.78, 5) is 4.25. The van der Waals surface area contributed by atoms with Crippen LogP contribution in [0.1, 0.15) is 17.0 Å². The van der Waals surface area contributed by atoms with Crippen LogP contribution in [0.15, 0.2) is 48.5 Å². The van der Waals surface area contributed by atoms with Crippen molar-refractivity contribution in [2.45, 2.75) is 19.8 Å². The Kier molecular flexibility index (Phi) is 4.24. The quantitative estimate of drug-likeness (QED) is 0.855. The van der Waals surface area contributed by atoms with Gasteiger partial charge in [0.1, 0.15) is 0 Å². The van der Waals surface area contributed by atoms with Gasteiger partial charge in [-0.25, -0.2) is 0 Å². The summed E-state index contributed by atoms with van der Waals surface area (Å²) in [6.45, 7) is 1.00. The van der Waals surface area contributed by atoms with Crippen LogP contribution in [-0.2, 0) is 24.6 Å². The van der Waals surface area contributed by atoms with Crippen molar-refractivity contribution in [3.05, 3.63) is 65.5 Å². The number of nitrogens with zero attached hydrogens (tertiary/aromatic N) is 1. The lowest BCUT2D eigenvalue weighted by atomic mass is 10.2. The van der Waals surface area contributed by atoms with Crippen molar-refractivity contribution in [2.75, 3.05) is 0 Å². The largest absolute Gasteiger partial charge is 0.390 e. The normalized spacial score (nSPS) is 10.4. The van der Waals surface area contributed by atoms with E-state index < -0.39 is 0 Å². The fraction of sp³-hybridized carbons (Fsp3) is 0.214. The second kappa shape index (κ2) is 6.13. The zero-order chi connectivity index (χ0) is 11.9. The van der Waals surface area contributed by atoms with Gasteiger partial charge in [-0.1, -0.05) is 36.4 Å². The number of pyridine rings is 1. The number of hydrogen-bond acceptors (Lipinski definition) is 3. The van der Waals surface area contributed by atoms with Crippen LogP contribution in [-0.4, -0.2) is 10.1 Å². The summed E-state index contributed by atoms with van der Waals surface area (Å²) < 4.78 is 5.56. The van der Waals surface area contributed by atoms with Crippen LogP contribution in [0.5, 0.6) is 0 Å². The predicted octanol–water partition coefficient (Wildman–Crippen LogP) is 2.29. The third-order valence-electron chi connectivity index (χ3n) is 2.39. The van der Waals surface area contributed by atoms with Crippen LogP contribution in [0.4, 0.5) is 0 Å². The zero-order valence-corrected chi connectivity index (χ0v) is 9.54. The van der Waals surface area contributed by atoms with Gasteiger partial charge < -0.3 is 9.84 Å². The van der Waals surface area contributed by atoms with Crippen LogP contribution in [0.2, 0.25) is 0 Å². The summed E-state index contributed by atoms with van der Waals surface area (Å²) in [6.07, 6.45) is 0. The number of rotatable bonds is 5. The zero-order valence-electron chi connectivity index (χ0n) is 9.54. The lowest BCUT2D eigenvalue weighted by Gasteiger charge is -2.05. The molecule has 2 rings (SSSR count). The maximum absolute atomic E-state index is 8.96. The molecule has 1 aromatic carbocycles. The molecule has 1 heterocycles. The first kappa shape index (κ1) is 11.8. The third kappa shape index (κ3) is 3.66. The van der Waals surface area contributed by atoms with E-state index in [0.717, 1.165) is 11.3 Å². The van der Waals surface area contributed by atoms with Gasteiger partial charge in [0, 0.05) is 0 Å². The number of aromatic nitrogens is 1. The fourth-order valence-corrected chi connectivity index (χ4v) is 1.55. The summed E-state index contributed by atoms with van der Waals surface area (Å²) in [6, 6.07) is 15.6. The summed E-state index contributed by atoms with van der Waals surface area (Å²) in [5, 5.41) is 8.96. The van der Waals surface area contributed by atoms with Gasteiger partial charge in [0.2, 0.25) is 0 Å². The topological polar surface area (TPSA) is 42.4 Å². The Hall–Kier alpha value is -1.71. The lowest BCUT2D eigenvalue weighted by Crippen LogP contribution is -1.99. The van der Waals surface area contributed by atoms with Gasteiger partial charge in [0.25, 0.3) is 0 Å². The lowest BCUT2D eigenvalue weighted by molar-refractivity contribution is 0.104.